The molecule has 0 unspecified atom stereocenters. The number of allylic oxidation sites excluding steroid dienone is 2. The molecule has 0 amide bonds. The number of rotatable bonds is 2. The first kappa shape index (κ1) is 7.73. The van der Waals surface area contributed by atoms with Gasteiger partial charge in [0, 0.05) is 5.57 Å². The Morgan fingerprint density at radius 1 is 1.78 bits per heavy atom. The van der Waals surface area contributed by atoms with E-state index in [4.69, 9.17) is 5.11 Å². The third kappa shape index (κ3) is 3.32. The monoisotopic (exact) mass is 124 g/mol. The van der Waals surface area contributed by atoms with Crippen molar-refractivity contribution in [3.63, 3.8) is 0 Å². The Bertz CT molecular complexity index is 183. The summed E-state index contributed by atoms with van der Waals surface area (Å²) in [6.07, 6.45) is 2.90. The van der Waals surface area contributed by atoms with E-state index < -0.39 is 5.97 Å². The largest absolute Gasteiger partial charge is 0.478 e. The molecular weight excluding hydrogens is 116 g/mol. The van der Waals surface area contributed by atoms with Crippen molar-refractivity contribution in [3.05, 3.63) is 30.0 Å². The van der Waals surface area contributed by atoms with Gasteiger partial charge in [0.1, 0.15) is 0 Å². The number of carbonyl (C=O) groups is 1. The summed E-state index contributed by atoms with van der Waals surface area (Å²) in [5.74, 6) is -0.915. The zero-order chi connectivity index (χ0) is 7.28. The van der Waals surface area contributed by atoms with E-state index in [1.807, 2.05) is 0 Å². The lowest BCUT2D eigenvalue weighted by atomic mass is 10.3. The normalized spacial score (nSPS) is 10.1. The first-order chi connectivity index (χ1) is 4.18. The maximum Gasteiger partial charge on any atom is 0.331 e. The Hall–Kier alpha value is -1.27. The van der Waals surface area contributed by atoms with Crippen LogP contribution in [0.4, 0.5) is 0 Å². The molecule has 0 aromatic rings. The maximum atomic E-state index is 10.1. The van der Waals surface area contributed by atoms with E-state index in [9.17, 15) is 4.79 Å². The summed E-state index contributed by atoms with van der Waals surface area (Å²) in [5.41, 5.74) is 2.72. The molecule has 0 aliphatic heterocycles. The number of aliphatic carboxylic acids is 1. The molecule has 2 heteroatoms. The standard InChI is InChI=1S/C7H8O2/c1-3-4-5-6(2)7(8)9/h4-5H,1H2,2H3,(H,8,9). The van der Waals surface area contributed by atoms with Crippen molar-refractivity contribution in [2.24, 2.45) is 0 Å². The molecule has 9 heavy (non-hydrogen) atoms. The first-order valence-electron chi connectivity index (χ1n) is 2.44. The Balaban J connectivity index is 4.16. The third-order valence-electron chi connectivity index (χ3n) is 0.789. The smallest absolute Gasteiger partial charge is 0.331 e. The second-order valence-corrected chi connectivity index (χ2v) is 1.53. The molecule has 0 fully saturated rings. The van der Waals surface area contributed by atoms with Crippen LogP contribution in [0.25, 0.3) is 0 Å². The van der Waals surface area contributed by atoms with Gasteiger partial charge in [0.2, 0.25) is 0 Å². The lowest BCUT2D eigenvalue weighted by Crippen LogP contribution is -1.94. The molecule has 0 spiro atoms. The fourth-order valence-corrected chi connectivity index (χ4v) is 0.255. The minimum Gasteiger partial charge on any atom is -0.478 e. The average Bonchev–Trinajstić information content (AvgIpc) is 1.82. The summed E-state index contributed by atoms with van der Waals surface area (Å²) >= 11 is 0. The molecule has 0 bridgehead atoms. The van der Waals surface area contributed by atoms with Gasteiger partial charge >= 0.3 is 5.97 Å². The van der Waals surface area contributed by atoms with Gasteiger partial charge in [-0.15, -0.1) is 5.73 Å². The predicted octanol–water partition coefficient (Wildman–Crippen LogP) is 1.36. The van der Waals surface area contributed by atoms with E-state index in [1.165, 1.54) is 19.1 Å². The lowest BCUT2D eigenvalue weighted by molar-refractivity contribution is -0.132. The number of carboxylic acids is 1. The van der Waals surface area contributed by atoms with E-state index in [0.29, 0.717) is 0 Å². The average molecular weight is 124 g/mol. The SMILES string of the molecule is C=C=CC=C(C)C(=O)O. The molecule has 0 aromatic heterocycles. The highest BCUT2D eigenvalue weighted by atomic mass is 16.4. The summed E-state index contributed by atoms with van der Waals surface area (Å²) in [6.45, 7) is 4.78. The van der Waals surface area contributed by atoms with Gasteiger partial charge in [-0.3, -0.25) is 0 Å². The Labute approximate surface area is 53.8 Å². The highest BCUT2D eigenvalue weighted by Gasteiger charge is 1.94. The molecule has 0 aliphatic carbocycles. The fourth-order valence-electron chi connectivity index (χ4n) is 0.255. The number of carboxylic acid groups (broad SMARTS) is 1. The maximum absolute atomic E-state index is 10.1. The van der Waals surface area contributed by atoms with Crippen LogP contribution in [0.1, 0.15) is 6.92 Å². The van der Waals surface area contributed by atoms with Gasteiger partial charge in [0.15, 0.2) is 0 Å². The van der Waals surface area contributed by atoms with Crippen molar-refractivity contribution < 1.29 is 9.90 Å². The molecule has 0 aromatic carbocycles. The van der Waals surface area contributed by atoms with E-state index in [-0.39, 0.29) is 5.57 Å². The van der Waals surface area contributed by atoms with E-state index >= 15 is 0 Å². The van der Waals surface area contributed by atoms with Crippen LogP contribution in [-0.2, 0) is 4.79 Å². The van der Waals surface area contributed by atoms with Crippen LogP contribution in [0, 0.1) is 0 Å². The van der Waals surface area contributed by atoms with Crippen LogP contribution < -0.4 is 0 Å². The summed E-state index contributed by atoms with van der Waals surface area (Å²) in [7, 11) is 0. The van der Waals surface area contributed by atoms with Gasteiger partial charge in [0.05, 0.1) is 0 Å². The van der Waals surface area contributed by atoms with Gasteiger partial charge in [0.25, 0.3) is 0 Å². The van der Waals surface area contributed by atoms with Crippen molar-refractivity contribution in [3.8, 4) is 0 Å². The highest BCUT2D eigenvalue weighted by Crippen LogP contribution is 1.90. The van der Waals surface area contributed by atoms with Crippen LogP contribution in [0.2, 0.25) is 0 Å². The van der Waals surface area contributed by atoms with Crippen LogP contribution in [0.5, 0.6) is 0 Å². The number of hydrogen-bond donors (Lipinski definition) is 1. The van der Waals surface area contributed by atoms with Crippen molar-refractivity contribution >= 4 is 5.97 Å². The summed E-state index contributed by atoms with van der Waals surface area (Å²) in [6, 6.07) is 0. The lowest BCUT2D eigenvalue weighted by Gasteiger charge is -1.84. The summed E-state index contributed by atoms with van der Waals surface area (Å²) in [4.78, 5) is 10.1. The third-order valence-corrected chi connectivity index (χ3v) is 0.789. The molecule has 1 N–H and O–H groups in total. The highest BCUT2D eigenvalue weighted by molar-refractivity contribution is 5.86. The minimum absolute atomic E-state index is 0.283. The molecule has 48 valence electrons. The van der Waals surface area contributed by atoms with Crippen LogP contribution in [0.3, 0.4) is 0 Å². The molecule has 0 aliphatic rings. The quantitative estimate of drug-likeness (QED) is 0.343. The van der Waals surface area contributed by atoms with Crippen molar-refractivity contribution in [1.82, 2.24) is 0 Å². The van der Waals surface area contributed by atoms with Crippen LogP contribution in [-0.4, -0.2) is 11.1 Å². The second-order valence-electron chi connectivity index (χ2n) is 1.53. The molecule has 0 atom stereocenters. The molecule has 0 rings (SSSR count). The number of hydrogen-bond acceptors (Lipinski definition) is 1. The van der Waals surface area contributed by atoms with Gasteiger partial charge in [-0.1, -0.05) is 6.58 Å². The molecule has 0 heterocycles. The van der Waals surface area contributed by atoms with Gasteiger partial charge in [-0.2, -0.15) is 0 Å². The first-order valence-corrected chi connectivity index (χ1v) is 2.44. The van der Waals surface area contributed by atoms with E-state index in [2.05, 4.69) is 12.3 Å². The van der Waals surface area contributed by atoms with E-state index in [1.54, 1.807) is 0 Å². The Morgan fingerprint density at radius 2 is 2.33 bits per heavy atom. The zero-order valence-corrected chi connectivity index (χ0v) is 5.22. The van der Waals surface area contributed by atoms with Gasteiger partial charge in [-0.25, -0.2) is 4.79 Å². The molecule has 0 saturated carbocycles. The molecule has 0 saturated heterocycles. The van der Waals surface area contributed by atoms with Crippen LogP contribution in [0.15, 0.2) is 30.0 Å². The zero-order valence-electron chi connectivity index (χ0n) is 5.22. The topological polar surface area (TPSA) is 37.3 Å². The minimum atomic E-state index is -0.915. The Kier molecular flexibility index (Phi) is 3.18. The van der Waals surface area contributed by atoms with E-state index in [0.717, 1.165) is 0 Å². The van der Waals surface area contributed by atoms with Crippen LogP contribution >= 0.6 is 0 Å². The molecular formula is C7H8O2. The van der Waals surface area contributed by atoms with Crippen molar-refractivity contribution in [2.75, 3.05) is 0 Å². The van der Waals surface area contributed by atoms with Crippen molar-refractivity contribution in [1.29, 1.82) is 0 Å². The van der Waals surface area contributed by atoms with Gasteiger partial charge < -0.3 is 5.11 Å². The molecule has 0 radical (unpaired) electrons. The van der Waals surface area contributed by atoms with Gasteiger partial charge in [-0.05, 0) is 19.1 Å². The molecule has 2 nitrogen and oxygen atoms in total. The van der Waals surface area contributed by atoms with Crippen molar-refractivity contribution in [2.45, 2.75) is 6.92 Å². The summed E-state index contributed by atoms with van der Waals surface area (Å²) in [5, 5.41) is 8.27. The predicted molar refractivity (Wildman–Crippen MR) is 35.1 cm³/mol. The summed E-state index contributed by atoms with van der Waals surface area (Å²) < 4.78 is 0. The fraction of sp³-hybridized carbons (Fsp3) is 0.143. The second kappa shape index (κ2) is 3.70. The Morgan fingerprint density at radius 3 is 2.67 bits per heavy atom.